The molecule has 0 aliphatic heterocycles. The molecule has 0 spiro atoms. The van der Waals surface area contributed by atoms with Gasteiger partial charge in [-0.1, -0.05) is 15.9 Å². The number of nitrogens with zero attached hydrogens (tertiary/aromatic N) is 3. The molecule has 0 amide bonds. The predicted molar refractivity (Wildman–Crippen MR) is 83.0 cm³/mol. The van der Waals surface area contributed by atoms with E-state index in [4.69, 9.17) is 0 Å². The number of azo groups is 1. The minimum absolute atomic E-state index is 0.228. The lowest BCUT2D eigenvalue weighted by molar-refractivity contribution is 1.06. The Kier molecular flexibility index (Phi) is 3.74. The topological polar surface area (TPSA) is 86.3 Å². The number of aromatic nitrogens is 3. The van der Waals surface area contributed by atoms with Crippen LogP contribution in [0.5, 0.6) is 0 Å². The lowest BCUT2D eigenvalue weighted by Crippen LogP contribution is -1.96. The summed E-state index contributed by atoms with van der Waals surface area (Å²) in [7, 11) is 0. The van der Waals surface area contributed by atoms with Gasteiger partial charge in [-0.05, 0) is 36.4 Å². The molecule has 2 aromatic heterocycles. The minimum Gasteiger partial charge on any atom is -0.295 e. The Morgan fingerprint density at radius 1 is 1.05 bits per heavy atom. The first-order chi connectivity index (χ1) is 10.2. The van der Waals surface area contributed by atoms with Gasteiger partial charge >= 0.3 is 0 Å². The van der Waals surface area contributed by atoms with E-state index in [2.05, 4.69) is 41.3 Å². The second-order valence-corrected chi connectivity index (χ2v) is 5.14. The molecule has 3 aromatic rings. The van der Waals surface area contributed by atoms with Crippen molar-refractivity contribution in [3.05, 3.63) is 63.6 Å². The molecule has 0 aliphatic rings. The molecule has 0 atom stereocenters. The highest BCUT2D eigenvalue weighted by Crippen LogP contribution is 2.26. The highest BCUT2D eigenvalue weighted by atomic mass is 79.9. The van der Waals surface area contributed by atoms with Crippen LogP contribution in [0.2, 0.25) is 0 Å². The van der Waals surface area contributed by atoms with Gasteiger partial charge in [0.15, 0.2) is 5.69 Å². The largest absolute Gasteiger partial charge is 0.295 e. The number of halogens is 1. The summed E-state index contributed by atoms with van der Waals surface area (Å²) >= 11 is 3.35. The van der Waals surface area contributed by atoms with Gasteiger partial charge in [0.25, 0.3) is 5.56 Å². The average Bonchev–Trinajstić information content (AvgIpc) is 2.89. The molecule has 0 unspecified atom stereocenters. The molecule has 0 radical (unpaired) electrons. The maximum atomic E-state index is 11.8. The number of H-pyrrole nitrogens is 2. The summed E-state index contributed by atoms with van der Waals surface area (Å²) in [5, 5.41) is 13.4. The Morgan fingerprint density at radius 2 is 1.86 bits per heavy atom. The third-order valence-corrected chi connectivity index (χ3v) is 3.32. The minimum atomic E-state index is -0.324. The highest BCUT2D eigenvalue weighted by molar-refractivity contribution is 9.10. The summed E-state index contributed by atoms with van der Waals surface area (Å²) in [6, 6.07) is 11.0. The van der Waals surface area contributed by atoms with E-state index in [9.17, 15) is 4.79 Å². The molecule has 0 saturated heterocycles. The van der Waals surface area contributed by atoms with Gasteiger partial charge in [-0.25, -0.2) is 0 Å². The van der Waals surface area contributed by atoms with E-state index < -0.39 is 0 Å². The second-order valence-electron chi connectivity index (χ2n) is 4.22. The zero-order valence-corrected chi connectivity index (χ0v) is 12.3. The van der Waals surface area contributed by atoms with Crippen LogP contribution in [0.25, 0.3) is 11.3 Å². The van der Waals surface area contributed by atoms with Crippen molar-refractivity contribution in [1.82, 2.24) is 15.2 Å². The number of benzene rings is 1. The molecule has 104 valence electrons. The van der Waals surface area contributed by atoms with Crippen LogP contribution >= 0.6 is 15.9 Å². The molecule has 2 N–H and O–H groups in total. The first-order valence-corrected chi connectivity index (χ1v) is 6.92. The van der Waals surface area contributed by atoms with Crippen LogP contribution in [0.4, 0.5) is 11.4 Å². The van der Waals surface area contributed by atoms with Crippen LogP contribution in [0.3, 0.4) is 0 Å². The molecule has 21 heavy (non-hydrogen) atoms. The van der Waals surface area contributed by atoms with Crippen LogP contribution < -0.4 is 5.56 Å². The highest BCUT2D eigenvalue weighted by Gasteiger charge is 2.11. The van der Waals surface area contributed by atoms with Crippen molar-refractivity contribution in [2.45, 2.75) is 0 Å². The van der Waals surface area contributed by atoms with Crippen molar-refractivity contribution >= 4 is 27.3 Å². The van der Waals surface area contributed by atoms with E-state index in [-0.39, 0.29) is 11.2 Å². The summed E-state index contributed by atoms with van der Waals surface area (Å²) in [6.07, 6.45) is 3.31. The van der Waals surface area contributed by atoms with E-state index in [0.717, 1.165) is 10.0 Å². The van der Waals surface area contributed by atoms with E-state index in [0.29, 0.717) is 11.4 Å². The molecular weight excluding hydrogens is 334 g/mol. The Labute approximate surface area is 128 Å². The molecule has 2 heterocycles. The van der Waals surface area contributed by atoms with Crippen LogP contribution in [0.1, 0.15) is 0 Å². The van der Waals surface area contributed by atoms with Gasteiger partial charge in [0.1, 0.15) is 0 Å². The third kappa shape index (κ3) is 2.97. The molecule has 3 rings (SSSR count). The maximum absolute atomic E-state index is 11.8. The third-order valence-electron chi connectivity index (χ3n) is 2.80. The fraction of sp³-hybridized carbons (Fsp3) is 0. The standard InChI is InChI=1S/C14H10BrN5O/c15-10-3-5-11(6-4-10)17-19-13-12(18-20-14(13)21)9-2-1-7-16-8-9/h1-8H,(H2,18,20,21). The molecule has 1 aromatic carbocycles. The number of aromatic amines is 2. The SMILES string of the molecule is O=c1[nH][nH]c(-c2cccnc2)c1N=Nc1ccc(Br)cc1. The molecule has 6 nitrogen and oxygen atoms in total. The molecule has 7 heteroatoms. The van der Waals surface area contributed by atoms with Crippen molar-refractivity contribution < 1.29 is 0 Å². The summed E-state index contributed by atoms with van der Waals surface area (Å²) in [4.78, 5) is 15.8. The van der Waals surface area contributed by atoms with Crippen molar-refractivity contribution in [2.24, 2.45) is 10.2 Å². The molecule has 0 saturated carbocycles. The van der Waals surface area contributed by atoms with Crippen molar-refractivity contribution in [3.8, 4) is 11.3 Å². The predicted octanol–water partition coefficient (Wildman–Crippen LogP) is 3.94. The Balaban J connectivity index is 1.98. The molecule has 0 aliphatic carbocycles. The fourth-order valence-corrected chi connectivity index (χ4v) is 2.05. The van der Waals surface area contributed by atoms with Crippen molar-refractivity contribution in [1.29, 1.82) is 0 Å². The smallest absolute Gasteiger partial charge is 0.292 e. The van der Waals surface area contributed by atoms with Crippen LogP contribution in [-0.2, 0) is 0 Å². The van der Waals surface area contributed by atoms with Gasteiger partial charge in [0.2, 0.25) is 0 Å². The first kappa shape index (κ1) is 13.4. The van der Waals surface area contributed by atoms with Gasteiger partial charge in [-0.15, -0.1) is 5.11 Å². The Bertz CT molecular complexity index is 821. The average molecular weight is 344 g/mol. The summed E-state index contributed by atoms with van der Waals surface area (Å²) in [6.45, 7) is 0. The number of hydrogen-bond donors (Lipinski definition) is 2. The summed E-state index contributed by atoms with van der Waals surface area (Å²) in [5.41, 5.74) is 1.89. The zero-order chi connectivity index (χ0) is 14.7. The van der Waals surface area contributed by atoms with Gasteiger partial charge in [0.05, 0.1) is 11.4 Å². The first-order valence-electron chi connectivity index (χ1n) is 6.12. The van der Waals surface area contributed by atoms with Gasteiger partial charge in [-0.2, -0.15) is 5.11 Å². The Morgan fingerprint density at radius 3 is 2.57 bits per heavy atom. The van der Waals surface area contributed by atoms with Crippen LogP contribution in [0.15, 0.2) is 68.3 Å². The number of pyridine rings is 1. The molecule has 0 bridgehead atoms. The Hall–Kier alpha value is -2.54. The zero-order valence-electron chi connectivity index (χ0n) is 10.7. The van der Waals surface area contributed by atoms with Crippen LogP contribution in [0, 0.1) is 0 Å². The molecule has 0 fully saturated rings. The fourth-order valence-electron chi connectivity index (χ4n) is 1.78. The van der Waals surface area contributed by atoms with Crippen molar-refractivity contribution in [2.75, 3.05) is 0 Å². The monoisotopic (exact) mass is 343 g/mol. The summed E-state index contributed by atoms with van der Waals surface area (Å²) < 4.78 is 0.956. The van der Waals surface area contributed by atoms with E-state index in [1.54, 1.807) is 30.6 Å². The normalized spacial score (nSPS) is 11.1. The number of rotatable bonds is 3. The number of hydrogen-bond acceptors (Lipinski definition) is 4. The summed E-state index contributed by atoms with van der Waals surface area (Å²) in [5.74, 6) is 0. The van der Waals surface area contributed by atoms with Gasteiger partial charge in [0, 0.05) is 22.4 Å². The van der Waals surface area contributed by atoms with Crippen molar-refractivity contribution in [3.63, 3.8) is 0 Å². The quantitative estimate of drug-likeness (QED) is 0.705. The molecular formula is C14H10BrN5O. The maximum Gasteiger partial charge on any atom is 0.292 e. The van der Waals surface area contributed by atoms with Crippen LogP contribution in [-0.4, -0.2) is 15.2 Å². The lowest BCUT2D eigenvalue weighted by atomic mass is 10.2. The van der Waals surface area contributed by atoms with Gasteiger partial charge < -0.3 is 0 Å². The second kappa shape index (κ2) is 5.84. The van der Waals surface area contributed by atoms with E-state index in [1.807, 2.05) is 18.2 Å². The van der Waals surface area contributed by atoms with E-state index in [1.165, 1.54) is 0 Å². The van der Waals surface area contributed by atoms with E-state index >= 15 is 0 Å². The van der Waals surface area contributed by atoms with Gasteiger partial charge in [-0.3, -0.25) is 20.0 Å². The number of nitrogens with one attached hydrogen (secondary N) is 2. The lowest BCUT2D eigenvalue weighted by Gasteiger charge is -1.97.